The van der Waals surface area contributed by atoms with Crippen LogP contribution in [0.4, 0.5) is 0 Å². The average molecular weight is 132 g/mol. The Hall–Kier alpha value is -0.160. The van der Waals surface area contributed by atoms with Gasteiger partial charge in [-0.05, 0) is 20.4 Å². The van der Waals surface area contributed by atoms with Crippen LogP contribution in [0, 0.1) is 5.21 Å². The first kappa shape index (κ1) is 8.84. The minimum atomic E-state index is -0.454. The van der Waals surface area contributed by atoms with Crippen molar-refractivity contribution < 1.29 is 0 Å². The van der Waals surface area contributed by atoms with E-state index in [9.17, 15) is 5.21 Å². The van der Waals surface area contributed by atoms with Crippen molar-refractivity contribution in [2.24, 2.45) is 11.5 Å². The van der Waals surface area contributed by atoms with Gasteiger partial charge in [-0.15, -0.1) is 0 Å². The van der Waals surface area contributed by atoms with Gasteiger partial charge in [0.25, 0.3) is 0 Å². The number of nitrogens with zero attached hydrogens (tertiary/aromatic N) is 1. The first-order valence-corrected chi connectivity index (χ1v) is 2.95. The fourth-order valence-corrected chi connectivity index (χ4v) is 0.529. The van der Waals surface area contributed by atoms with E-state index in [1.807, 2.05) is 6.92 Å². The molecule has 9 heavy (non-hydrogen) atoms. The van der Waals surface area contributed by atoms with Gasteiger partial charge in [0, 0.05) is 12.2 Å². The molecular formula is C5H14N3O-. The highest BCUT2D eigenvalue weighted by Gasteiger charge is 2.02. The lowest BCUT2D eigenvalue weighted by atomic mass is 10.2. The van der Waals surface area contributed by atoms with Gasteiger partial charge in [0.15, 0.2) is 0 Å². The second-order valence-corrected chi connectivity index (χ2v) is 2.33. The van der Waals surface area contributed by atoms with E-state index in [4.69, 9.17) is 11.5 Å². The third-order valence-electron chi connectivity index (χ3n) is 1.08. The summed E-state index contributed by atoms with van der Waals surface area (Å²) in [5.41, 5.74) is 10.7. The summed E-state index contributed by atoms with van der Waals surface area (Å²) in [5.74, 6) is 0. The number of hydroxylamine groups is 2. The maximum absolute atomic E-state index is 10.4. The van der Waals surface area contributed by atoms with Crippen LogP contribution in [0.25, 0.3) is 0 Å². The van der Waals surface area contributed by atoms with Crippen molar-refractivity contribution in [2.45, 2.75) is 25.6 Å². The fraction of sp³-hybridized carbons (Fsp3) is 1.00. The zero-order valence-electron chi connectivity index (χ0n) is 5.87. The molecule has 0 radical (unpaired) electrons. The molecule has 0 aliphatic rings. The molecule has 0 saturated heterocycles. The molecule has 0 rings (SSSR count). The predicted molar refractivity (Wildman–Crippen MR) is 37.4 cm³/mol. The monoisotopic (exact) mass is 132 g/mol. The average Bonchev–Trinajstić information content (AvgIpc) is 1.63. The number of hydrogen-bond acceptors (Lipinski definition) is 4. The standard InChI is InChI=1S/C5H14N3O/c1-4(6)3-5(7)8(2)9/h4-5H,3,6-7H2,1-2H3/q-1. The van der Waals surface area contributed by atoms with Crippen LogP contribution in [-0.4, -0.2) is 24.3 Å². The second-order valence-electron chi connectivity index (χ2n) is 2.33. The van der Waals surface area contributed by atoms with Crippen LogP contribution in [0.2, 0.25) is 0 Å². The van der Waals surface area contributed by atoms with Gasteiger partial charge in [-0.1, -0.05) is 0 Å². The van der Waals surface area contributed by atoms with Crippen molar-refractivity contribution in [1.82, 2.24) is 5.06 Å². The Kier molecular flexibility index (Phi) is 3.72. The number of nitrogens with two attached hydrogens (primary N) is 2. The lowest BCUT2D eigenvalue weighted by Gasteiger charge is -2.30. The Balaban J connectivity index is 3.38. The van der Waals surface area contributed by atoms with Gasteiger partial charge in [-0.25, -0.2) is 0 Å². The maximum Gasteiger partial charge on any atom is 0.0469 e. The SMILES string of the molecule is CC(N)CC(N)N(C)[O-]. The summed E-state index contributed by atoms with van der Waals surface area (Å²) in [7, 11) is 1.40. The summed E-state index contributed by atoms with van der Waals surface area (Å²) in [5, 5.41) is 11.1. The molecule has 4 N–H and O–H groups in total. The highest BCUT2D eigenvalue weighted by molar-refractivity contribution is 4.66. The Morgan fingerprint density at radius 3 is 2.11 bits per heavy atom. The Bertz CT molecular complexity index is 74.6. The molecule has 0 bridgehead atoms. The molecular weight excluding hydrogens is 118 g/mol. The van der Waals surface area contributed by atoms with Crippen LogP contribution >= 0.6 is 0 Å². The molecule has 0 heterocycles. The van der Waals surface area contributed by atoms with E-state index in [1.54, 1.807) is 0 Å². The van der Waals surface area contributed by atoms with Crippen molar-refractivity contribution >= 4 is 0 Å². The Morgan fingerprint density at radius 1 is 1.56 bits per heavy atom. The van der Waals surface area contributed by atoms with E-state index in [2.05, 4.69) is 0 Å². The smallest absolute Gasteiger partial charge is 0.0469 e. The highest BCUT2D eigenvalue weighted by atomic mass is 16.5. The van der Waals surface area contributed by atoms with Gasteiger partial charge in [0.05, 0.1) is 0 Å². The molecule has 2 unspecified atom stereocenters. The second kappa shape index (κ2) is 3.79. The molecule has 0 aliphatic heterocycles. The van der Waals surface area contributed by atoms with Gasteiger partial charge >= 0.3 is 0 Å². The minimum absolute atomic E-state index is 0.00333. The van der Waals surface area contributed by atoms with Crippen molar-refractivity contribution in [3.8, 4) is 0 Å². The van der Waals surface area contributed by atoms with Crippen LogP contribution in [-0.2, 0) is 0 Å². The Morgan fingerprint density at radius 2 is 2.00 bits per heavy atom. The lowest BCUT2D eigenvalue weighted by Crippen LogP contribution is -2.39. The largest absolute Gasteiger partial charge is 0.784 e. The normalized spacial score (nSPS) is 18.0. The third kappa shape index (κ3) is 4.35. The van der Waals surface area contributed by atoms with E-state index in [0.717, 1.165) is 0 Å². The predicted octanol–water partition coefficient (Wildman–Crippen LogP) is -0.562. The van der Waals surface area contributed by atoms with E-state index in [0.29, 0.717) is 11.5 Å². The first-order chi connectivity index (χ1) is 4.04. The van der Waals surface area contributed by atoms with Crippen molar-refractivity contribution in [3.63, 3.8) is 0 Å². The molecule has 0 amide bonds. The van der Waals surface area contributed by atoms with Gasteiger partial charge < -0.3 is 21.7 Å². The summed E-state index contributed by atoms with van der Waals surface area (Å²) < 4.78 is 0. The molecule has 0 saturated carbocycles. The van der Waals surface area contributed by atoms with Crippen LogP contribution < -0.4 is 11.5 Å². The molecule has 56 valence electrons. The summed E-state index contributed by atoms with van der Waals surface area (Å²) in [4.78, 5) is 0. The van der Waals surface area contributed by atoms with Crippen molar-refractivity contribution in [3.05, 3.63) is 5.21 Å². The molecule has 4 heteroatoms. The van der Waals surface area contributed by atoms with Gasteiger partial charge in [-0.2, -0.15) is 0 Å². The first-order valence-electron chi connectivity index (χ1n) is 2.95. The van der Waals surface area contributed by atoms with Crippen molar-refractivity contribution in [2.75, 3.05) is 7.05 Å². The number of hydrogen-bond donors (Lipinski definition) is 2. The Labute approximate surface area is 55.4 Å². The number of rotatable bonds is 3. The van der Waals surface area contributed by atoms with Crippen molar-refractivity contribution in [1.29, 1.82) is 0 Å². The molecule has 0 aromatic rings. The van der Waals surface area contributed by atoms with E-state index >= 15 is 0 Å². The summed E-state index contributed by atoms with van der Waals surface area (Å²) in [6.45, 7) is 1.82. The minimum Gasteiger partial charge on any atom is -0.784 e. The third-order valence-corrected chi connectivity index (χ3v) is 1.08. The summed E-state index contributed by atoms with van der Waals surface area (Å²) in [6.07, 6.45) is 0.0880. The zero-order chi connectivity index (χ0) is 7.44. The van der Waals surface area contributed by atoms with E-state index < -0.39 is 6.17 Å². The molecule has 0 aliphatic carbocycles. The van der Waals surface area contributed by atoms with Gasteiger partial charge in [0.1, 0.15) is 0 Å². The van der Waals surface area contributed by atoms with Gasteiger partial charge in [-0.3, -0.25) is 0 Å². The highest BCUT2D eigenvalue weighted by Crippen LogP contribution is 1.94. The fourth-order valence-electron chi connectivity index (χ4n) is 0.529. The van der Waals surface area contributed by atoms with Crippen LogP contribution in [0.3, 0.4) is 0 Å². The topological polar surface area (TPSA) is 78.3 Å². The quantitative estimate of drug-likeness (QED) is 0.398. The van der Waals surface area contributed by atoms with Gasteiger partial charge in [0.2, 0.25) is 0 Å². The molecule has 0 spiro atoms. The van der Waals surface area contributed by atoms with E-state index in [1.165, 1.54) is 7.05 Å². The maximum atomic E-state index is 10.4. The lowest BCUT2D eigenvalue weighted by molar-refractivity contribution is 0.307. The summed E-state index contributed by atoms with van der Waals surface area (Å²) in [6, 6.07) is -0.00333. The summed E-state index contributed by atoms with van der Waals surface area (Å²) >= 11 is 0. The van der Waals surface area contributed by atoms with E-state index in [-0.39, 0.29) is 6.04 Å². The molecule has 4 nitrogen and oxygen atoms in total. The molecule has 0 aromatic heterocycles. The molecule has 0 fully saturated rings. The van der Waals surface area contributed by atoms with Crippen LogP contribution in [0.5, 0.6) is 0 Å². The molecule has 0 aromatic carbocycles. The molecule has 2 atom stereocenters. The van der Waals surface area contributed by atoms with Crippen LogP contribution in [0.1, 0.15) is 13.3 Å². The van der Waals surface area contributed by atoms with Crippen LogP contribution in [0.15, 0.2) is 0 Å². The zero-order valence-corrected chi connectivity index (χ0v) is 5.87.